The van der Waals surface area contributed by atoms with Crippen molar-refractivity contribution >= 4 is 56.0 Å². The van der Waals surface area contributed by atoms with Crippen molar-refractivity contribution in [2.45, 2.75) is 52.9 Å². The number of nitrogens with zero attached hydrogens (tertiary/aromatic N) is 4. The summed E-state index contributed by atoms with van der Waals surface area (Å²) in [7, 11) is 0. The second kappa shape index (κ2) is 12.2. The Bertz CT molecular complexity index is 1590. The van der Waals surface area contributed by atoms with Crippen LogP contribution in [0.1, 0.15) is 38.1 Å². The van der Waals surface area contributed by atoms with Gasteiger partial charge in [-0.05, 0) is 64.0 Å². The van der Waals surface area contributed by atoms with Crippen LogP contribution in [0.15, 0.2) is 73.1 Å². The van der Waals surface area contributed by atoms with Gasteiger partial charge in [0.05, 0.1) is 22.4 Å². The minimum atomic E-state index is 0. The van der Waals surface area contributed by atoms with Crippen molar-refractivity contribution in [1.29, 1.82) is 0 Å². The molecule has 2 aromatic carbocycles. The van der Waals surface area contributed by atoms with Crippen molar-refractivity contribution in [3.05, 3.63) is 84.4 Å². The largest absolute Gasteiger partial charge is 0.339 e. The summed E-state index contributed by atoms with van der Waals surface area (Å²) in [4.78, 5) is 9.48. The van der Waals surface area contributed by atoms with E-state index in [-0.39, 0.29) is 12.4 Å². The van der Waals surface area contributed by atoms with Gasteiger partial charge in [0.2, 0.25) is 0 Å². The van der Waals surface area contributed by atoms with Gasteiger partial charge in [0.1, 0.15) is 0 Å². The van der Waals surface area contributed by atoms with Gasteiger partial charge in [-0.15, -0.1) is 12.4 Å². The van der Waals surface area contributed by atoms with Gasteiger partial charge in [-0.2, -0.15) is 0 Å². The zero-order valence-corrected chi connectivity index (χ0v) is 23.6. The maximum absolute atomic E-state index is 4.74. The number of aromatic nitrogens is 4. The highest BCUT2D eigenvalue weighted by Crippen LogP contribution is 2.31. The summed E-state index contributed by atoms with van der Waals surface area (Å²) in [6, 6.07) is 21.6. The molecule has 0 saturated carbocycles. The molecule has 0 atom stereocenters. The lowest BCUT2D eigenvalue weighted by molar-refractivity contribution is 0.577. The molecule has 4 aromatic heterocycles. The van der Waals surface area contributed by atoms with E-state index in [2.05, 4.69) is 94.3 Å². The predicted molar refractivity (Wildman–Crippen MR) is 166 cm³/mol. The fourth-order valence-corrected chi connectivity index (χ4v) is 5.98. The van der Waals surface area contributed by atoms with Gasteiger partial charge < -0.3 is 19.8 Å². The quantitative estimate of drug-likeness (QED) is 0.177. The van der Waals surface area contributed by atoms with Crippen LogP contribution in [-0.2, 0) is 26.2 Å². The van der Waals surface area contributed by atoms with Crippen LogP contribution in [0.5, 0.6) is 0 Å². The van der Waals surface area contributed by atoms with E-state index >= 15 is 0 Å². The van der Waals surface area contributed by atoms with Crippen molar-refractivity contribution in [1.82, 2.24) is 29.7 Å². The molecule has 4 heterocycles. The molecule has 2 N–H and O–H groups in total. The van der Waals surface area contributed by atoms with Gasteiger partial charge in [-0.1, -0.05) is 36.4 Å². The summed E-state index contributed by atoms with van der Waals surface area (Å²) in [6.07, 6.45) is 6.13. The summed E-state index contributed by atoms with van der Waals surface area (Å²) in [5.74, 6) is 0. The number of aryl methyl sites for hydroxylation is 2. The Kier molecular flexibility index (Phi) is 8.46. The van der Waals surface area contributed by atoms with E-state index in [9.17, 15) is 0 Å². The van der Waals surface area contributed by atoms with Crippen molar-refractivity contribution in [2.24, 2.45) is 0 Å². The molecule has 6 nitrogen and oxygen atoms in total. The molecule has 0 unspecified atom stereocenters. The molecule has 0 aliphatic carbocycles. The molecule has 0 radical (unpaired) electrons. The number of hydrogen-bond acceptors (Lipinski definition) is 4. The fraction of sp³-hybridized carbons (Fsp3) is 0.312. The lowest BCUT2D eigenvalue weighted by Gasteiger charge is -2.10. The van der Waals surface area contributed by atoms with E-state index < -0.39 is 0 Å². The Morgan fingerprint density at radius 3 is 1.46 bits per heavy atom. The van der Waals surface area contributed by atoms with Crippen molar-refractivity contribution in [2.75, 3.05) is 13.1 Å². The Morgan fingerprint density at radius 1 is 0.590 bits per heavy atom. The highest BCUT2D eigenvalue weighted by atomic mass is 35.5. The maximum atomic E-state index is 4.74. The summed E-state index contributed by atoms with van der Waals surface area (Å²) < 4.78 is 4.79. The number of pyridine rings is 2. The number of fused-ring (bicyclic) bond motifs is 6. The van der Waals surface area contributed by atoms with Crippen LogP contribution in [0.25, 0.3) is 43.6 Å². The molecule has 0 saturated heterocycles. The van der Waals surface area contributed by atoms with E-state index in [1.807, 2.05) is 12.4 Å². The van der Waals surface area contributed by atoms with Crippen LogP contribution >= 0.6 is 12.4 Å². The lowest BCUT2D eigenvalue weighted by Crippen LogP contribution is -2.20. The number of halogens is 1. The highest BCUT2D eigenvalue weighted by molar-refractivity contribution is 6.09. The van der Waals surface area contributed by atoms with Gasteiger partial charge in [-0.3, -0.25) is 9.97 Å². The number of nitrogens with one attached hydrogen (secondary N) is 2. The smallest absolute Gasteiger partial charge is 0.0784 e. The number of unbranched alkanes of at least 4 members (excludes halogenated alkanes) is 1. The summed E-state index contributed by atoms with van der Waals surface area (Å²) >= 11 is 0. The average molecular weight is 541 g/mol. The van der Waals surface area contributed by atoms with E-state index in [1.54, 1.807) is 0 Å². The molecule has 0 spiro atoms. The molecular weight excluding hydrogens is 504 g/mol. The number of hydrogen-bond donors (Lipinski definition) is 2. The van der Waals surface area contributed by atoms with E-state index in [4.69, 9.17) is 9.97 Å². The van der Waals surface area contributed by atoms with Gasteiger partial charge in [0.25, 0.3) is 0 Å². The normalized spacial score (nSPS) is 11.6. The van der Waals surface area contributed by atoms with Crippen LogP contribution in [0.3, 0.4) is 0 Å². The first-order valence-electron chi connectivity index (χ1n) is 13.9. The molecule has 0 aliphatic heterocycles. The molecule has 0 fully saturated rings. The molecule has 0 aliphatic rings. The maximum Gasteiger partial charge on any atom is 0.0784 e. The second-order valence-corrected chi connectivity index (χ2v) is 9.89. The molecule has 39 heavy (non-hydrogen) atoms. The Balaban J connectivity index is 0.00000308. The zero-order valence-electron chi connectivity index (χ0n) is 22.8. The minimum Gasteiger partial charge on any atom is -0.339 e. The summed E-state index contributed by atoms with van der Waals surface area (Å²) in [6.45, 7) is 9.82. The standard InChI is InChI=1S/C32H36N6.ClH/c1-3-37-29-13-7-5-11-23(29)25-15-19-35-27(31(25)37)21-33-17-9-10-18-34-22-28-32-26(16-20-36-28)24-12-6-8-14-30(24)38(32)4-2;/h5-8,11-16,19-20,33-34H,3-4,9-10,17-18,21-22H2,1-2H3;1H. The van der Waals surface area contributed by atoms with Gasteiger partial charge >= 0.3 is 0 Å². The first-order chi connectivity index (χ1) is 18.8. The lowest BCUT2D eigenvalue weighted by atomic mass is 10.1. The number of para-hydroxylation sites is 2. The topological polar surface area (TPSA) is 59.7 Å². The van der Waals surface area contributed by atoms with Gasteiger partial charge in [0.15, 0.2) is 0 Å². The number of rotatable bonds is 11. The van der Waals surface area contributed by atoms with E-state index in [0.717, 1.165) is 63.5 Å². The minimum absolute atomic E-state index is 0. The third kappa shape index (κ3) is 5.00. The Morgan fingerprint density at radius 2 is 1.03 bits per heavy atom. The Hall–Kier alpha value is -3.45. The van der Waals surface area contributed by atoms with Crippen LogP contribution in [0.2, 0.25) is 0 Å². The van der Waals surface area contributed by atoms with Crippen LogP contribution < -0.4 is 10.6 Å². The van der Waals surface area contributed by atoms with E-state index in [1.165, 1.54) is 43.6 Å². The summed E-state index contributed by atoms with van der Waals surface area (Å²) in [5.41, 5.74) is 7.35. The molecule has 0 amide bonds. The van der Waals surface area contributed by atoms with E-state index in [0.29, 0.717) is 0 Å². The zero-order chi connectivity index (χ0) is 25.9. The van der Waals surface area contributed by atoms with Crippen LogP contribution in [0.4, 0.5) is 0 Å². The van der Waals surface area contributed by atoms with Crippen LogP contribution in [-0.4, -0.2) is 32.2 Å². The molecule has 202 valence electrons. The predicted octanol–water partition coefficient (Wildman–Crippen LogP) is 6.81. The first kappa shape index (κ1) is 27.1. The summed E-state index contributed by atoms with van der Waals surface area (Å²) in [5, 5.41) is 12.5. The molecule has 0 bridgehead atoms. The third-order valence-electron chi connectivity index (χ3n) is 7.68. The SMILES string of the molecule is CCn1c2ccccc2c2ccnc(CNCCCCNCc3nccc4c5ccccc5n(CC)c34)c21.Cl. The Labute approximate surface area is 235 Å². The molecule has 6 rings (SSSR count). The average Bonchev–Trinajstić information content (AvgIpc) is 3.48. The first-order valence-corrected chi connectivity index (χ1v) is 13.9. The van der Waals surface area contributed by atoms with Crippen molar-refractivity contribution in [3.8, 4) is 0 Å². The molecule has 7 heteroatoms. The fourth-order valence-electron chi connectivity index (χ4n) is 5.98. The monoisotopic (exact) mass is 540 g/mol. The second-order valence-electron chi connectivity index (χ2n) is 9.89. The van der Waals surface area contributed by atoms with Crippen molar-refractivity contribution in [3.63, 3.8) is 0 Å². The molecular formula is C32H37ClN6. The van der Waals surface area contributed by atoms with Crippen LogP contribution in [0, 0.1) is 0 Å². The number of benzene rings is 2. The third-order valence-corrected chi connectivity index (χ3v) is 7.68. The van der Waals surface area contributed by atoms with Gasteiger partial charge in [0, 0.05) is 71.2 Å². The van der Waals surface area contributed by atoms with Gasteiger partial charge in [-0.25, -0.2) is 0 Å². The highest BCUT2D eigenvalue weighted by Gasteiger charge is 2.14. The van der Waals surface area contributed by atoms with Crippen molar-refractivity contribution < 1.29 is 0 Å². The molecule has 6 aromatic rings.